The molecule has 28 heavy (non-hydrogen) atoms. The van der Waals surface area contributed by atoms with Crippen molar-refractivity contribution >= 4 is 16.7 Å². The Kier molecular flexibility index (Phi) is 6.13. The second-order valence-corrected chi connectivity index (χ2v) is 8.05. The maximum absolute atomic E-state index is 12.5. The van der Waals surface area contributed by atoms with E-state index in [-0.39, 0.29) is 12.5 Å². The van der Waals surface area contributed by atoms with E-state index in [0.717, 1.165) is 55.5 Å². The predicted octanol–water partition coefficient (Wildman–Crippen LogP) is 2.91. The van der Waals surface area contributed by atoms with Crippen molar-refractivity contribution in [2.45, 2.75) is 31.8 Å². The summed E-state index contributed by atoms with van der Waals surface area (Å²) in [6.07, 6.45) is 3.96. The highest BCUT2D eigenvalue weighted by molar-refractivity contribution is 5.88. The van der Waals surface area contributed by atoms with Gasteiger partial charge in [-0.05, 0) is 24.3 Å². The van der Waals surface area contributed by atoms with Crippen molar-refractivity contribution in [2.24, 2.45) is 5.92 Å². The van der Waals surface area contributed by atoms with Crippen LogP contribution in [0, 0.1) is 5.92 Å². The van der Waals surface area contributed by atoms with Crippen LogP contribution in [0.15, 0.2) is 42.5 Å². The Morgan fingerprint density at radius 3 is 2.54 bits per heavy atom. The van der Waals surface area contributed by atoms with Crippen LogP contribution in [-0.2, 0) is 4.79 Å². The number of carbonyl (C=O) groups excluding carboxylic acids is 1. The van der Waals surface area contributed by atoms with E-state index in [9.17, 15) is 9.90 Å². The van der Waals surface area contributed by atoms with Gasteiger partial charge in [0.05, 0.1) is 0 Å². The summed E-state index contributed by atoms with van der Waals surface area (Å²) in [6, 6.07) is 14.1. The van der Waals surface area contributed by atoms with E-state index in [1.54, 1.807) is 0 Å². The molecule has 1 unspecified atom stereocenters. The van der Waals surface area contributed by atoms with Crippen molar-refractivity contribution in [3.63, 3.8) is 0 Å². The van der Waals surface area contributed by atoms with Gasteiger partial charge < -0.3 is 14.7 Å². The number of nitrogens with zero attached hydrogens (tertiary/aromatic N) is 2. The molecule has 1 atom stereocenters. The maximum Gasteiger partial charge on any atom is 0.225 e. The first-order chi connectivity index (χ1) is 13.7. The number of aliphatic hydroxyl groups is 1. The molecule has 1 heterocycles. The fourth-order valence-electron chi connectivity index (χ4n) is 4.44. The minimum Gasteiger partial charge on any atom is -0.490 e. The Balaban J connectivity index is 1.23. The molecule has 0 bridgehead atoms. The second kappa shape index (κ2) is 8.93. The van der Waals surface area contributed by atoms with Gasteiger partial charge in [0.2, 0.25) is 5.91 Å². The van der Waals surface area contributed by atoms with Gasteiger partial charge in [-0.2, -0.15) is 0 Å². The molecular weight excluding hydrogens is 352 g/mol. The molecule has 1 saturated carbocycles. The minimum absolute atomic E-state index is 0.256. The van der Waals surface area contributed by atoms with Crippen molar-refractivity contribution in [1.82, 2.24) is 9.80 Å². The van der Waals surface area contributed by atoms with Gasteiger partial charge >= 0.3 is 0 Å². The van der Waals surface area contributed by atoms with E-state index in [1.165, 1.54) is 12.8 Å². The van der Waals surface area contributed by atoms with Crippen LogP contribution >= 0.6 is 0 Å². The third-order valence-corrected chi connectivity index (χ3v) is 6.04. The first-order valence-corrected chi connectivity index (χ1v) is 10.5. The monoisotopic (exact) mass is 382 g/mol. The molecule has 1 amide bonds. The number of benzene rings is 2. The number of aliphatic hydroxyl groups excluding tert-OH is 1. The van der Waals surface area contributed by atoms with Crippen LogP contribution in [-0.4, -0.2) is 66.2 Å². The number of carbonyl (C=O) groups is 1. The van der Waals surface area contributed by atoms with E-state index >= 15 is 0 Å². The maximum atomic E-state index is 12.5. The number of hydrogen-bond donors (Lipinski definition) is 1. The Morgan fingerprint density at radius 2 is 1.75 bits per heavy atom. The molecule has 0 aromatic heterocycles. The van der Waals surface area contributed by atoms with Crippen molar-refractivity contribution in [1.29, 1.82) is 0 Å². The molecule has 2 aromatic carbocycles. The quantitative estimate of drug-likeness (QED) is 0.835. The standard InChI is InChI=1S/C23H30N2O3/c26-20(17-28-22-11-5-9-18-6-3-4-10-21(18)22)16-24-12-14-25(15-13-24)23(27)19-7-1-2-8-19/h3-6,9-11,19-20,26H,1-2,7-8,12-17H2. The van der Waals surface area contributed by atoms with Crippen LogP contribution in [0.2, 0.25) is 0 Å². The summed E-state index contributed by atoms with van der Waals surface area (Å²) >= 11 is 0. The fraction of sp³-hybridized carbons (Fsp3) is 0.522. The zero-order valence-electron chi connectivity index (χ0n) is 16.4. The van der Waals surface area contributed by atoms with Crippen LogP contribution in [0.3, 0.4) is 0 Å². The topological polar surface area (TPSA) is 53.0 Å². The lowest BCUT2D eigenvalue weighted by Crippen LogP contribution is -2.52. The van der Waals surface area contributed by atoms with Crippen LogP contribution in [0.1, 0.15) is 25.7 Å². The highest BCUT2D eigenvalue weighted by Gasteiger charge is 2.29. The van der Waals surface area contributed by atoms with E-state index in [2.05, 4.69) is 17.0 Å². The molecular formula is C23H30N2O3. The van der Waals surface area contributed by atoms with Gasteiger partial charge in [-0.15, -0.1) is 0 Å². The van der Waals surface area contributed by atoms with Gasteiger partial charge in [0, 0.05) is 44.0 Å². The zero-order chi connectivity index (χ0) is 19.3. The smallest absolute Gasteiger partial charge is 0.225 e. The molecule has 5 nitrogen and oxygen atoms in total. The number of ether oxygens (including phenoxy) is 1. The van der Waals surface area contributed by atoms with Crippen LogP contribution in [0.5, 0.6) is 5.75 Å². The summed E-state index contributed by atoms with van der Waals surface area (Å²) in [5.41, 5.74) is 0. The molecule has 1 N–H and O–H groups in total. The molecule has 1 saturated heterocycles. The highest BCUT2D eigenvalue weighted by atomic mass is 16.5. The van der Waals surface area contributed by atoms with Gasteiger partial charge in [-0.25, -0.2) is 0 Å². The van der Waals surface area contributed by atoms with Gasteiger partial charge in [0.1, 0.15) is 18.5 Å². The number of β-amino-alcohol motifs (C(OH)–C–C–N with tert-alkyl or cyclic N) is 1. The molecule has 0 spiro atoms. The van der Waals surface area contributed by atoms with Gasteiger partial charge in [-0.3, -0.25) is 9.69 Å². The fourth-order valence-corrected chi connectivity index (χ4v) is 4.44. The van der Waals surface area contributed by atoms with E-state index in [0.29, 0.717) is 12.5 Å². The zero-order valence-corrected chi connectivity index (χ0v) is 16.4. The molecule has 5 heteroatoms. The normalized spacial score (nSPS) is 19.8. The number of hydrogen-bond acceptors (Lipinski definition) is 4. The Bertz CT molecular complexity index is 790. The van der Waals surface area contributed by atoms with E-state index in [4.69, 9.17) is 4.74 Å². The van der Waals surface area contributed by atoms with E-state index < -0.39 is 6.10 Å². The molecule has 2 fully saturated rings. The Labute approximate surface area is 166 Å². The summed E-state index contributed by atoms with van der Waals surface area (Å²) in [6.45, 7) is 4.04. The number of piperazine rings is 1. The number of amides is 1. The Hall–Kier alpha value is -2.11. The third-order valence-electron chi connectivity index (χ3n) is 6.04. The van der Waals surface area contributed by atoms with Crippen molar-refractivity contribution in [3.05, 3.63) is 42.5 Å². The molecule has 1 aliphatic carbocycles. The van der Waals surface area contributed by atoms with E-state index in [1.807, 2.05) is 35.2 Å². The molecule has 0 radical (unpaired) electrons. The average Bonchev–Trinajstić information content (AvgIpc) is 3.27. The largest absolute Gasteiger partial charge is 0.490 e. The van der Waals surface area contributed by atoms with Crippen LogP contribution in [0.25, 0.3) is 10.8 Å². The SMILES string of the molecule is O=C(C1CCCC1)N1CCN(CC(O)COc2cccc3ccccc23)CC1. The number of fused-ring (bicyclic) bond motifs is 1. The molecule has 1 aliphatic heterocycles. The molecule has 2 aromatic rings. The summed E-state index contributed by atoms with van der Waals surface area (Å²) in [5.74, 6) is 1.41. The van der Waals surface area contributed by atoms with Crippen molar-refractivity contribution in [2.75, 3.05) is 39.3 Å². The van der Waals surface area contributed by atoms with Crippen molar-refractivity contribution in [3.8, 4) is 5.75 Å². The summed E-state index contributed by atoms with van der Waals surface area (Å²) in [7, 11) is 0. The number of rotatable bonds is 6. The second-order valence-electron chi connectivity index (χ2n) is 8.05. The first kappa shape index (κ1) is 19.2. The lowest BCUT2D eigenvalue weighted by molar-refractivity contribution is -0.137. The Morgan fingerprint density at radius 1 is 1.04 bits per heavy atom. The average molecular weight is 383 g/mol. The van der Waals surface area contributed by atoms with Gasteiger partial charge in [0.25, 0.3) is 0 Å². The predicted molar refractivity (Wildman–Crippen MR) is 110 cm³/mol. The third kappa shape index (κ3) is 4.47. The lowest BCUT2D eigenvalue weighted by atomic mass is 10.1. The molecule has 2 aliphatic rings. The molecule has 150 valence electrons. The van der Waals surface area contributed by atoms with Crippen molar-refractivity contribution < 1.29 is 14.6 Å². The minimum atomic E-state index is -0.545. The van der Waals surface area contributed by atoms with Crippen LogP contribution < -0.4 is 4.74 Å². The summed E-state index contributed by atoms with van der Waals surface area (Å²) < 4.78 is 5.91. The summed E-state index contributed by atoms with van der Waals surface area (Å²) in [5, 5.41) is 12.6. The lowest BCUT2D eigenvalue weighted by Gasteiger charge is -2.36. The first-order valence-electron chi connectivity index (χ1n) is 10.5. The van der Waals surface area contributed by atoms with Gasteiger partial charge in [-0.1, -0.05) is 49.2 Å². The molecule has 4 rings (SSSR count). The van der Waals surface area contributed by atoms with Gasteiger partial charge in [0.15, 0.2) is 0 Å². The van der Waals surface area contributed by atoms with Crippen LogP contribution in [0.4, 0.5) is 0 Å². The highest BCUT2D eigenvalue weighted by Crippen LogP contribution is 2.27. The summed E-state index contributed by atoms with van der Waals surface area (Å²) in [4.78, 5) is 16.8.